The van der Waals surface area contributed by atoms with E-state index in [1.54, 1.807) is 7.11 Å². The van der Waals surface area contributed by atoms with E-state index < -0.39 is 0 Å². The van der Waals surface area contributed by atoms with Crippen LogP contribution in [0, 0.1) is 0 Å². The molecule has 0 aliphatic heterocycles. The van der Waals surface area contributed by atoms with Crippen LogP contribution >= 0.6 is 15.9 Å². The highest BCUT2D eigenvalue weighted by Crippen LogP contribution is 2.26. The zero-order valence-electron chi connectivity index (χ0n) is 9.64. The number of aromatic nitrogens is 1. The summed E-state index contributed by atoms with van der Waals surface area (Å²) in [5.41, 5.74) is 2.28. The average Bonchev–Trinajstić information content (AvgIpc) is 2.40. The normalized spacial score (nSPS) is 12.1. The molecule has 0 N–H and O–H groups in total. The fourth-order valence-corrected chi connectivity index (χ4v) is 2.29. The molecular weight excluding hydrogens is 278 g/mol. The summed E-state index contributed by atoms with van der Waals surface area (Å²) in [7, 11) is 1.63. The van der Waals surface area contributed by atoms with E-state index in [4.69, 9.17) is 4.74 Å². The lowest BCUT2D eigenvalue weighted by Gasteiger charge is -2.10. The predicted octanol–water partition coefficient (Wildman–Crippen LogP) is 3.77. The minimum Gasteiger partial charge on any atom is -0.481 e. The van der Waals surface area contributed by atoms with Crippen LogP contribution < -0.4 is 4.74 Å². The third kappa shape index (κ3) is 3.30. The number of rotatable bonds is 4. The summed E-state index contributed by atoms with van der Waals surface area (Å²) in [5.74, 6) is 0.662. The zero-order valence-corrected chi connectivity index (χ0v) is 11.2. The summed E-state index contributed by atoms with van der Waals surface area (Å²) in [6.45, 7) is 0. The molecule has 0 fully saturated rings. The van der Waals surface area contributed by atoms with E-state index >= 15 is 0 Å². The van der Waals surface area contributed by atoms with Crippen LogP contribution in [0.3, 0.4) is 0 Å². The number of nitrogens with zero attached hydrogens (tertiary/aromatic N) is 1. The first-order valence-electron chi connectivity index (χ1n) is 5.48. The van der Waals surface area contributed by atoms with Gasteiger partial charge in [0.2, 0.25) is 5.88 Å². The summed E-state index contributed by atoms with van der Waals surface area (Å²) in [6, 6.07) is 16.2. The summed E-state index contributed by atoms with van der Waals surface area (Å²) in [6.07, 6.45) is 0.848. The van der Waals surface area contributed by atoms with Crippen LogP contribution in [0.15, 0.2) is 48.5 Å². The Bertz CT molecular complexity index is 473. The van der Waals surface area contributed by atoms with E-state index in [0.29, 0.717) is 5.88 Å². The lowest BCUT2D eigenvalue weighted by Crippen LogP contribution is -1.98. The summed E-state index contributed by atoms with van der Waals surface area (Å²) in [4.78, 5) is 4.69. The smallest absolute Gasteiger partial charge is 0.213 e. The van der Waals surface area contributed by atoms with E-state index in [0.717, 1.165) is 12.1 Å². The van der Waals surface area contributed by atoms with Gasteiger partial charge in [0.05, 0.1) is 7.11 Å². The maximum Gasteiger partial charge on any atom is 0.213 e. The van der Waals surface area contributed by atoms with Gasteiger partial charge < -0.3 is 4.74 Å². The number of ether oxygens (including phenoxy) is 1. The number of halogens is 1. The number of methoxy groups -OCH3 is 1. The maximum atomic E-state index is 5.12. The van der Waals surface area contributed by atoms with Gasteiger partial charge in [-0.25, -0.2) is 4.98 Å². The Balaban J connectivity index is 2.10. The molecule has 1 aromatic heterocycles. The second-order valence-electron chi connectivity index (χ2n) is 3.75. The van der Waals surface area contributed by atoms with Gasteiger partial charge in [0.25, 0.3) is 0 Å². The number of benzene rings is 1. The van der Waals surface area contributed by atoms with Crippen molar-refractivity contribution in [2.75, 3.05) is 7.11 Å². The van der Waals surface area contributed by atoms with Crippen LogP contribution in [-0.2, 0) is 6.42 Å². The van der Waals surface area contributed by atoms with Crippen LogP contribution in [0.1, 0.15) is 16.1 Å². The van der Waals surface area contributed by atoms with Crippen LogP contribution in [0.5, 0.6) is 5.88 Å². The molecule has 0 aliphatic carbocycles. The summed E-state index contributed by atoms with van der Waals surface area (Å²) < 4.78 is 5.12. The third-order valence-electron chi connectivity index (χ3n) is 2.54. The predicted molar refractivity (Wildman–Crippen MR) is 72.6 cm³/mol. The molecule has 17 heavy (non-hydrogen) atoms. The number of pyridine rings is 1. The maximum absolute atomic E-state index is 5.12. The molecule has 1 aromatic carbocycles. The molecule has 2 nitrogen and oxygen atoms in total. The van der Waals surface area contributed by atoms with Gasteiger partial charge in [-0.2, -0.15) is 0 Å². The van der Waals surface area contributed by atoms with Crippen LogP contribution in [0.2, 0.25) is 0 Å². The molecule has 3 heteroatoms. The van der Waals surface area contributed by atoms with Crippen LogP contribution in [-0.4, -0.2) is 12.1 Å². The van der Waals surface area contributed by atoms with Gasteiger partial charge >= 0.3 is 0 Å². The Morgan fingerprint density at radius 3 is 2.59 bits per heavy atom. The van der Waals surface area contributed by atoms with Crippen molar-refractivity contribution >= 4 is 15.9 Å². The number of hydrogen-bond donors (Lipinski definition) is 0. The van der Waals surface area contributed by atoms with Gasteiger partial charge in [-0.05, 0) is 11.6 Å². The zero-order chi connectivity index (χ0) is 12.1. The molecule has 1 heterocycles. The van der Waals surface area contributed by atoms with Crippen molar-refractivity contribution in [1.82, 2.24) is 4.98 Å². The van der Waals surface area contributed by atoms with Gasteiger partial charge in [0.1, 0.15) is 0 Å². The lowest BCUT2D eigenvalue weighted by molar-refractivity contribution is 0.396. The minimum atomic E-state index is 0.281. The van der Waals surface area contributed by atoms with Gasteiger partial charge in [-0.1, -0.05) is 52.3 Å². The van der Waals surface area contributed by atoms with Crippen LogP contribution in [0.4, 0.5) is 0 Å². The molecule has 0 saturated heterocycles. The number of alkyl halides is 1. The van der Waals surface area contributed by atoms with E-state index in [1.807, 2.05) is 36.4 Å². The largest absolute Gasteiger partial charge is 0.481 e. The summed E-state index contributed by atoms with van der Waals surface area (Å²) >= 11 is 3.69. The van der Waals surface area contributed by atoms with Crippen molar-refractivity contribution in [1.29, 1.82) is 0 Å². The van der Waals surface area contributed by atoms with Gasteiger partial charge in [-0.15, -0.1) is 0 Å². The Hall–Kier alpha value is -1.35. The molecule has 0 amide bonds. The highest BCUT2D eigenvalue weighted by Gasteiger charge is 2.09. The van der Waals surface area contributed by atoms with Gasteiger partial charge in [0, 0.05) is 23.0 Å². The summed E-state index contributed by atoms with van der Waals surface area (Å²) in [5, 5.41) is 0. The van der Waals surface area contributed by atoms with Gasteiger partial charge in [-0.3, -0.25) is 0 Å². The third-order valence-corrected chi connectivity index (χ3v) is 3.39. The number of hydrogen-bond acceptors (Lipinski definition) is 2. The van der Waals surface area contributed by atoms with E-state index in [1.165, 1.54) is 5.56 Å². The van der Waals surface area contributed by atoms with Gasteiger partial charge in [0.15, 0.2) is 0 Å². The van der Waals surface area contributed by atoms with E-state index in [9.17, 15) is 0 Å². The first-order valence-corrected chi connectivity index (χ1v) is 6.40. The van der Waals surface area contributed by atoms with E-state index in [2.05, 4.69) is 33.0 Å². The van der Waals surface area contributed by atoms with Crippen molar-refractivity contribution in [3.8, 4) is 5.88 Å². The Morgan fingerprint density at radius 1 is 1.12 bits per heavy atom. The molecule has 88 valence electrons. The molecule has 0 aliphatic rings. The highest BCUT2D eigenvalue weighted by molar-refractivity contribution is 9.09. The molecule has 1 atom stereocenters. The van der Waals surface area contributed by atoms with Crippen molar-refractivity contribution in [2.45, 2.75) is 11.2 Å². The quantitative estimate of drug-likeness (QED) is 0.800. The standard InChI is InChI=1S/C14H14BrNO/c1-17-14-9-5-8-12(16-14)10-13(15)11-6-3-2-4-7-11/h2-9,13H,10H2,1H3. The van der Waals surface area contributed by atoms with Crippen molar-refractivity contribution in [2.24, 2.45) is 0 Å². The lowest BCUT2D eigenvalue weighted by atomic mass is 10.1. The Morgan fingerprint density at radius 2 is 1.88 bits per heavy atom. The van der Waals surface area contributed by atoms with Crippen LogP contribution in [0.25, 0.3) is 0 Å². The SMILES string of the molecule is COc1cccc(CC(Br)c2ccccc2)n1. The molecule has 2 aromatic rings. The molecule has 1 unspecified atom stereocenters. The molecule has 0 spiro atoms. The molecule has 0 bridgehead atoms. The Labute approximate surface area is 110 Å². The minimum absolute atomic E-state index is 0.281. The second kappa shape index (κ2) is 5.82. The average molecular weight is 292 g/mol. The molecule has 0 radical (unpaired) electrons. The first-order chi connectivity index (χ1) is 8.29. The van der Waals surface area contributed by atoms with E-state index in [-0.39, 0.29) is 4.83 Å². The fraction of sp³-hybridized carbons (Fsp3) is 0.214. The molecular formula is C14H14BrNO. The molecule has 2 rings (SSSR count). The monoisotopic (exact) mass is 291 g/mol. The Kier molecular flexibility index (Phi) is 4.15. The topological polar surface area (TPSA) is 22.1 Å². The van der Waals surface area contributed by atoms with Crippen molar-refractivity contribution in [3.05, 3.63) is 59.8 Å². The second-order valence-corrected chi connectivity index (χ2v) is 4.86. The molecule has 0 saturated carbocycles. The van der Waals surface area contributed by atoms with Crippen molar-refractivity contribution in [3.63, 3.8) is 0 Å². The highest BCUT2D eigenvalue weighted by atomic mass is 79.9. The first kappa shape index (κ1) is 12.1. The van der Waals surface area contributed by atoms with Crippen molar-refractivity contribution < 1.29 is 4.74 Å². The fourth-order valence-electron chi connectivity index (χ4n) is 1.65.